The van der Waals surface area contributed by atoms with E-state index in [4.69, 9.17) is 0 Å². The molecule has 0 radical (unpaired) electrons. The summed E-state index contributed by atoms with van der Waals surface area (Å²) in [5.74, 6) is 0.333. The molecule has 3 N–H and O–H groups in total. The predicted octanol–water partition coefficient (Wildman–Crippen LogP) is -0.696. The molecule has 1 aromatic heterocycles. The van der Waals surface area contributed by atoms with Gasteiger partial charge in [-0.3, -0.25) is 4.79 Å². The highest BCUT2D eigenvalue weighted by atomic mass is 16.3. The lowest BCUT2D eigenvalue weighted by atomic mass is 10.0. The Labute approximate surface area is 118 Å². The molecular formula is C13H21N5O2. The second-order valence-electron chi connectivity index (χ2n) is 5.20. The van der Waals surface area contributed by atoms with Gasteiger partial charge in [-0.1, -0.05) is 0 Å². The van der Waals surface area contributed by atoms with Crippen molar-refractivity contribution in [1.29, 1.82) is 0 Å². The maximum absolute atomic E-state index is 12.2. The summed E-state index contributed by atoms with van der Waals surface area (Å²) in [5.41, 5.74) is 1.07. The number of nitrogens with one attached hydrogen (secondary N) is 2. The summed E-state index contributed by atoms with van der Waals surface area (Å²) >= 11 is 0. The molecule has 0 aliphatic carbocycles. The van der Waals surface area contributed by atoms with Gasteiger partial charge in [0.25, 0.3) is 5.91 Å². The first kappa shape index (κ1) is 14.7. The highest BCUT2D eigenvalue weighted by Gasteiger charge is 2.25. The van der Waals surface area contributed by atoms with E-state index in [-0.39, 0.29) is 11.9 Å². The summed E-state index contributed by atoms with van der Waals surface area (Å²) < 4.78 is 0. The number of hydrogen-bond donors (Lipinski definition) is 3. The first-order valence-electron chi connectivity index (χ1n) is 6.69. The molecule has 1 aromatic rings. The van der Waals surface area contributed by atoms with Crippen LogP contribution in [0.4, 0.5) is 5.95 Å². The van der Waals surface area contributed by atoms with E-state index in [2.05, 4.69) is 20.6 Å². The Hall–Kier alpha value is -1.73. The monoisotopic (exact) mass is 279 g/mol. The van der Waals surface area contributed by atoms with E-state index in [0.29, 0.717) is 30.2 Å². The fraction of sp³-hybridized carbons (Fsp3) is 0.615. The minimum atomic E-state index is -0.560. The van der Waals surface area contributed by atoms with Crippen LogP contribution in [0.1, 0.15) is 22.5 Å². The fourth-order valence-corrected chi connectivity index (χ4v) is 2.15. The standard InChI is InChI=1S/C13H21N5O2/c1-8-9(6-15-13(16-8)18(2)3)12(20)17-10-4-5-14-7-11(10)19/h6,10-11,14,19H,4-5,7H2,1-3H3,(H,17,20)/t10-,11-/m1/s1. The van der Waals surface area contributed by atoms with Crippen molar-refractivity contribution in [3.63, 3.8) is 0 Å². The third-order valence-electron chi connectivity index (χ3n) is 3.38. The van der Waals surface area contributed by atoms with Gasteiger partial charge in [0.15, 0.2) is 0 Å². The van der Waals surface area contributed by atoms with Gasteiger partial charge in [-0.2, -0.15) is 0 Å². The molecule has 1 aliphatic heterocycles. The van der Waals surface area contributed by atoms with Crippen molar-refractivity contribution < 1.29 is 9.90 Å². The number of aliphatic hydroxyl groups excluding tert-OH is 1. The number of nitrogens with zero attached hydrogens (tertiary/aromatic N) is 3. The van der Waals surface area contributed by atoms with Gasteiger partial charge in [0.1, 0.15) is 0 Å². The molecule has 0 unspecified atom stereocenters. The van der Waals surface area contributed by atoms with Crippen LogP contribution in [0.25, 0.3) is 0 Å². The summed E-state index contributed by atoms with van der Waals surface area (Å²) in [6, 6.07) is -0.225. The van der Waals surface area contributed by atoms with E-state index in [1.807, 2.05) is 14.1 Å². The highest BCUT2D eigenvalue weighted by Crippen LogP contribution is 2.11. The zero-order chi connectivity index (χ0) is 14.7. The van der Waals surface area contributed by atoms with Gasteiger partial charge in [0.2, 0.25) is 5.95 Å². The van der Waals surface area contributed by atoms with Crippen LogP contribution in [0.3, 0.4) is 0 Å². The molecule has 2 heterocycles. The molecule has 7 heteroatoms. The lowest BCUT2D eigenvalue weighted by molar-refractivity contribution is 0.0764. The van der Waals surface area contributed by atoms with Crippen LogP contribution in [0.5, 0.6) is 0 Å². The van der Waals surface area contributed by atoms with Crippen LogP contribution in [-0.2, 0) is 0 Å². The molecule has 0 bridgehead atoms. The van der Waals surface area contributed by atoms with Crippen molar-refractivity contribution in [2.45, 2.75) is 25.5 Å². The summed E-state index contributed by atoms with van der Waals surface area (Å²) in [6.07, 6.45) is 1.68. The maximum Gasteiger partial charge on any atom is 0.255 e. The number of piperidine rings is 1. The summed E-state index contributed by atoms with van der Waals surface area (Å²) in [4.78, 5) is 22.4. The summed E-state index contributed by atoms with van der Waals surface area (Å²) in [6.45, 7) is 3.07. The van der Waals surface area contributed by atoms with Gasteiger partial charge in [0.05, 0.1) is 23.4 Å². The third-order valence-corrected chi connectivity index (χ3v) is 3.38. The number of carbonyl (C=O) groups is 1. The second kappa shape index (κ2) is 6.15. The Morgan fingerprint density at radius 1 is 1.55 bits per heavy atom. The first-order chi connectivity index (χ1) is 9.49. The number of rotatable bonds is 3. The van der Waals surface area contributed by atoms with Crippen LogP contribution in [0.2, 0.25) is 0 Å². The molecule has 0 aromatic carbocycles. The van der Waals surface area contributed by atoms with Crippen molar-refractivity contribution in [3.8, 4) is 0 Å². The van der Waals surface area contributed by atoms with Gasteiger partial charge in [-0.05, 0) is 19.9 Å². The average molecular weight is 279 g/mol. The largest absolute Gasteiger partial charge is 0.390 e. The molecule has 1 amide bonds. The van der Waals surface area contributed by atoms with Crippen molar-refractivity contribution in [1.82, 2.24) is 20.6 Å². The van der Waals surface area contributed by atoms with E-state index >= 15 is 0 Å². The zero-order valence-electron chi connectivity index (χ0n) is 12.1. The topological polar surface area (TPSA) is 90.4 Å². The normalized spacial score (nSPS) is 22.4. The minimum absolute atomic E-state index is 0.225. The zero-order valence-corrected chi connectivity index (χ0v) is 12.1. The lowest BCUT2D eigenvalue weighted by Crippen LogP contribution is -2.52. The van der Waals surface area contributed by atoms with Gasteiger partial charge in [-0.25, -0.2) is 9.97 Å². The van der Waals surface area contributed by atoms with Crippen LogP contribution in [0.15, 0.2) is 6.20 Å². The number of aliphatic hydroxyl groups is 1. The van der Waals surface area contributed by atoms with Crippen LogP contribution in [-0.4, -0.2) is 60.3 Å². The molecule has 2 rings (SSSR count). The van der Waals surface area contributed by atoms with Crippen LogP contribution >= 0.6 is 0 Å². The fourth-order valence-electron chi connectivity index (χ4n) is 2.15. The average Bonchev–Trinajstić information content (AvgIpc) is 2.41. The Morgan fingerprint density at radius 2 is 2.30 bits per heavy atom. The van der Waals surface area contributed by atoms with Gasteiger partial charge in [-0.15, -0.1) is 0 Å². The van der Waals surface area contributed by atoms with Crippen molar-refractivity contribution in [3.05, 3.63) is 17.5 Å². The quantitative estimate of drug-likeness (QED) is 0.678. The number of amides is 1. The Kier molecular flexibility index (Phi) is 4.51. The minimum Gasteiger partial charge on any atom is -0.390 e. The second-order valence-corrected chi connectivity index (χ2v) is 5.20. The molecule has 0 spiro atoms. The Morgan fingerprint density at radius 3 is 2.90 bits per heavy atom. The SMILES string of the molecule is Cc1nc(N(C)C)ncc1C(=O)N[C@@H]1CCNC[C@H]1O. The number of anilines is 1. The van der Waals surface area contributed by atoms with Crippen LogP contribution < -0.4 is 15.5 Å². The first-order valence-corrected chi connectivity index (χ1v) is 6.69. The molecule has 110 valence electrons. The lowest BCUT2D eigenvalue weighted by Gasteiger charge is -2.29. The molecule has 7 nitrogen and oxygen atoms in total. The number of aromatic nitrogens is 2. The number of β-amino-alcohol motifs (C(OH)–C–C–N with tert-alkyl or cyclic N) is 1. The molecule has 1 fully saturated rings. The smallest absolute Gasteiger partial charge is 0.255 e. The molecule has 1 saturated heterocycles. The Bertz CT molecular complexity index is 492. The van der Waals surface area contributed by atoms with Crippen molar-refractivity contribution in [2.75, 3.05) is 32.1 Å². The molecule has 2 atom stereocenters. The van der Waals surface area contributed by atoms with E-state index in [9.17, 15) is 9.90 Å². The van der Waals surface area contributed by atoms with E-state index in [1.165, 1.54) is 6.20 Å². The maximum atomic E-state index is 12.2. The highest BCUT2D eigenvalue weighted by molar-refractivity contribution is 5.95. The predicted molar refractivity (Wildman–Crippen MR) is 75.8 cm³/mol. The van der Waals surface area contributed by atoms with Crippen molar-refractivity contribution >= 4 is 11.9 Å². The Balaban J connectivity index is 2.09. The van der Waals surface area contributed by atoms with E-state index < -0.39 is 6.10 Å². The molecule has 0 saturated carbocycles. The van der Waals surface area contributed by atoms with E-state index in [1.54, 1.807) is 11.8 Å². The molecule has 1 aliphatic rings. The third kappa shape index (κ3) is 3.23. The molecular weight excluding hydrogens is 258 g/mol. The van der Waals surface area contributed by atoms with E-state index in [0.717, 1.165) is 6.54 Å². The van der Waals surface area contributed by atoms with Gasteiger partial charge < -0.3 is 20.6 Å². The number of aryl methyl sites for hydroxylation is 1. The number of hydrogen-bond acceptors (Lipinski definition) is 6. The van der Waals surface area contributed by atoms with Gasteiger partial charge in [0, 0.05) is 26.8 Å². The summed E-state index contributed by atoms with van der Waals surface area (Å²) in [5, 5.41) is 15.8. The summed E-state index contributed by atoms with van der Waals surface area (Å²) in [7, 11) is 3.69. The van der Waals surface area contributed by atoms with Crippen LogP contribution in [0, 0.1) is 6.92 Å². The molecule has 20 heavy (non-hydrogen) atoms. The van der Waals surface area contributed by atoms with Crippen molar-refractivity contribution in [2.24, 2.45) is 0 Å². The van der Waals surface area contributed by atoms with Gasteiger partial charge >= 0.3 is 0 Å². The number of carbonyl (C=O) groups excluding carboxylic acids is 1.